The summed E-state index contributed by atoms with van der Waals surface area (Å²) in [7, 11) is 1.59. The molecule has 2 aromatic carbocycles. The zero-order valence-electron chi connectivity index (χ0n) is 20.1. The highest BCUT2D eigenvalue weighted by Crippen LogP contribution is 2.26. The van der Waals surface area contributed by atoms with Gasteiger partial charge in [-0.3, -0.25) is 9.69 Å². The number of likely N-dealkylation sites (tertiary alicyclic amines) is 1. The van der Waals surface area contributed by atoms with Gasteiger partial charge in [-0.1, -0.05) is 42.0 Å². The van der Waals surface area contributed by atoms with Crippen LogP contribution in [-0.2, 0) is 6.54 Å². The van der Waals surface area contributed by atoms with Crippen LogP contribution in [0.3, 0.4) is 0 Å². The number of anilines is 1. The van der Waals surface area contributed by atoms with Crippen molar-refractivity contribution in [3.05, 3.63) is 53.3 Å². The molecule has 3 heterocycles. The van der Waals surface area contributed by atoms with Gasteiger partial charge in [0.25, 0.3) is 5.91 Å². The Labute approximate surface area is 207 Å². The van der Waals surface area contributed by atoms with E-state index in [9.17, 15) is 4.79 Å². The van der Waals surface area contributed by atoms with Gasteiger partial charge >= 0.3 is 0 Å². The largest absolute Gasteiger partial charge is 0.496 e. The molecule has 1 aliphatic heterocycles. The van der Waals surface area contributed by atoms with Gasteiger partial charge in [0.15, 0.2) is 5.69 Å². The molecule has 12 nitrogen and oxygen atoms in total. The molecule has 1 aliphatic rings. The van der Waals surface area contributed by atoms with Crippen molar-refractivity contribution in [2.75, 3.05) is 19.4 Å². The normalized spacial score (nSPS) is 16.6. The predicted molar refractivity (Wildman–Crippen MR) is 133 cm³/mol. The van der Waals surface area contributed by atoms with Gasteiger partial charge in [0.2, 0.25) is 11.6 Å². The Morgan fingerprint density at radius 3 is 2.92 bits per heavy atom. The summed E-state index contributed by atoms with van der Waals surface area (Å²) in [6.45, 7) is 3.50. The summed E-state index contributed by atoms with van der Waals surface area (Å²) >= 11 is 0. The fourth-order valence-electron chi connectivity index (χ4n) is 4.51. The van der Waals surface area contributed by atoms with Crippen LogP contribution in [0.5, 0.6) is 5.75 Å². The molecule has 0 aliphatic carbocycles. The molecule has 186 valence electrons. The molecule has 4 aromatic rings. The molecule has 2 aromatic heterocycles. The molecule has 5 rings (SSSR count). The van der Waals surface area contributed by atoms with Crippen molar-refractivity contribution in [1.82, 2.24) is 35.6 Å². The number of benzene rings is 2. The fourth-order valence-corrected chi connectivity index (χ4v) is 4.51. The average molecular weight is 490 g/mol. The van der Waals surface area contributed by atoms with E-state index in [4.69, 9.17) is 15.1 Å². The molecule has 1 atom stereocenters. The highest BCUT2D eigenvalue weighted by molar-refractivity contribution is 6.03. The summed E-state index contributed by atoms with van der Waals surface area (Å²) in [6.07, 6.45) is 4.90. The van der Waals surface area contributed by atoms with E-state index in [2.05, 4.69) is 43.0 Å². The first-order valence-corrected chi connectivity index (χ1v) is 11.7. The molecule has 0 radical (unpaired) electrons. The van der Waals surface area contributed by atoms with Gasteiger partial charge < -0.3 is 10.5 Å². The van der Waals surface area contributed by atoms with Crippen LogP contribution < -0.4 is 15.9 Å². The number of fused-ring (bicyclic) bond motifs is 1. The van der Waals surface area contributed by atoms with E-state index in [0.29, 0.717) is 24.0 Å². The maximum atomic E-state index is 13.2. The Morgan fingerprint density at radius 1 is 1.28 bits per heavy atom. The van der Waals surface area contributed by atoms with Crippen molar-refractivity contribution < 1.29 is 14.2 Å². The van der Waals surface area contributed by atoms with Crippen molar-refractivity contribution >= 4 is 28.7 Å². The van der Waals surface area contributed by atoms with Crippen LogP contribution in [0.25, 0.3) is 16.6 Å². The average Bonchev–Trinajstić information content (AvgIpc) is 3.51. The molecule has 3 N–H and O–H groups in total. The molecule has 1 fully saturated rings. The Morgan fingerprint density at radius 2 is 2.14 bits per heavy atom. The Bertz CT molecular complexity index is 1410. The number of piperidine rings is 1. The number of nitrogens with two attached hydrogens (primary N) is 1. The molecule has 0 spiro atoms. The predicted octanol–water partition coefficient (Wildman–Crippen LogP) is 2.53. The minimum absolute atomic E-state index is 0.0564. The third-order valence-electron chi connectivity index (χ3n) is 6.48. The highest BCUT2D eigenvalue weighted by Gasteiger charge is 2.28. The lowest BCUT2D eigenvalue weighted by atomic mass is 10.0. The van der Waals surface area contributed by atoms with E-state index in [1.807, 2.05) is 36.4 Å². The number of rotatable bonds is 7. The molecule has 0 saturated carbocycles. The van der Waals surface area contributed by atoms with E-state index in [0.717, 1.165) is 35.7 Å². The minimum atomic E-state index is -0.508. The number of nitrogens with one attached hydrogen (secondary N) is 1. The van der Waals surface area contributed by atoms with Crippen LogP contribution >= 0.6 is 0 Å². The highest BCUT2D eigenvalue weighted by atomic mass is 16.6. The quantitative estimate of drug-likeness (QED) is 0.295. The summed E-state index contributed by atoms with van der Waals surface area (Å²) in [5.74, 6) is 0.379. The number of hydrogen-bond donors (Lipinski definition) is 2. The summed E-state index contributed by atoms with van der Waals surface area (Å²) < 4.78 is 11.6. The molecule has 1 saturated heterocycles. The van der Waals surface area contributed by atoms with Crippen molar-refractivity contribution in [3.8, 4) is 11.6 Å². The monoisotopic (exact) mass is 489 g/mol. The van der Waals surface area contributed by atoms with Crippen LogP contribution in [0.4, 0.5) is 5.82 Å². The summed E-state index contributed by atoms with van der Waals surface area (Å²) in [5, 5.41) is 21.9. The van der Waals surface area contributed by atoms with E-state index < -0.39 is 5.91 Å². The topological polar surface area (TPSA) is 150 Å². The molecule has 1 unspecified atom stereocenters. The second-order valence-corrected chi connectivity index (χ2v) is 8.69. The lowest BCUT2D eigenvalue weighted by Gasteiger charge is -2.33. The number of amides is 1. The zero-order chi connectivity index (χ0) is 25.1. The maximum absolute atomic E-state index is 13.2. The van der Waals surface area contributed by atoms with E-state index in [-0.39, 0.29) is 17.3 Å². The van der Waals surface area contributed by atoms with Crippen LogP contribution in [0.15, 0.2) is 46.1 Å². The third kappa shape index (κ3) is 4.50. The molecule has 1 amide bonds. The molecular weight excluding hydrogens is 462 g/mol. The van der Waals surface area contributed by atoms with Crippen LogP contribution in [0.1, 0.15) is 47.9 Å². The van der Waals surface area contributed by atoms with Crippen molar-refractivity contribution in [3.63, 3.8) is 0 Å². The first-order valence-electron chi connectivity index (χ1n) is 11.7. The maximum Gasteiger partial charge on any atom is 0.293 e. The van der Waals surface area contributed by atoms with Crippen LogP contribution in [-0.4, -0.2) is 62.0 Å². The summed E-state index contributed by atoms with van der Waals surface area (Å²) in [4.78, 5) is 15.5. The smallest absolute Gasteiger partial charge is 0.293 e. The number of nitrogens with zero attached hydrogens (tertiary/aromatic N) is 7. The number of ether oxygens (including phenoxy) is 1. The number of nitrogen functional groups attached to an aromatic ring is 1. The molecule has 0 bridgehead atoms. The number of aromatic nitrogens is 5. The van der Waals surface area contributed by atoms with Crippen molar-refractivity contribution in [2.45, 2.75) is 38.8 Å². The van der Waals surface area contributed by atoms with Gasteiger partial charge in [0.05, 0.1) is 19.0 Å². The van der Waals surface area contributed by atoms with Crippen molar-refractivity contribution in [1.29, 1.82) is 0 Å². The lowest BCUT2D eigenvalue weighted by molar-refractivity contribution is 0.0945. The zero-order valence-corrected chi connectivity index (χ0v) is 20.1. The molecule has 36 heavy (non-hydrogen) atoms. The first-order chi connectivity index (χ1) is 17.6. The summed E-state index contributed by atoms with van der Waals surface area (Å²) in [5.41, 5.74) is 9.88. The van der Waals surface area contributed by atoms with E-state index in [1.54, 1.807) is 13.3 Å². The standard InChI is InChI=1S/C24H27N9O3/c1-15-7-5-6-12-32(15)14-19-21(27-31-33(19)23-22(25)29-36-30-23)24(34)28-26-13-18-17-9-4-3-8-16(17)10-11-20(18)35-2/h3-4,8-11,13,15H,5-7,12,14H2,1-2H3,(H2,25,29)(H,28,34). The molecule has 12 heteroatoms. The van der Waals surface area contributed by atoms with Crippen LogP contribution in [0.2, 0.25) is 0 Å². The minimum Gasteiger partial charge on any atom is -0.496 e. The van der Waals surface area contributed by atoms with E-state index >= 15 is 0 Å². The fraction of sp³-hybridized carbons (Fsp3) is 0.333. The van der Waals surface area contributed by atoms with Crippen LogP contribution in [0, 0.1) is 0 Å². The van der Waals surface area contributed by atoms with Gasteiger partial charge in [-0.2, -0.15) is 9.78 Å². The first kappa shape index (κ1) is 23.4. The second kappa shape index (κ2) is 10.1. The van der Waals surface area contributed by atoms with Gasteiger partial charge in [0.1, 0.15) is 5.75 Å². The number of hydrogen-bond acceptors (Lipinski definition) is 10. The number of carbonyl (C=O) groups is 1. The SMILES string of the molecule is COc1ccc2ccccc2c1C=NNC(=O)c1nnn(-c2nonc2N)c1CN1CCCCC1C. The number of hydrazone groups is 1. The van der Waals surface area contributed by atoms with E-state index in [1.165, 1.54) is 11.1 Å². The summed E-state index contributed by atoms with van der Waals surface area (Å²) in [6, 6.07) is 12.1. The number of carbonyl (C=O) groups excluding carboxylic acids is 1. The Kier molecular flexibility index (Phi) is 6.58. The second-order valence-electron chi connectivity index (χ2n) is 8.69. The van der Waals surface area contributed by atoms with Gasteiger partial charge in [-0.15, -0.1) is 5.10 Å². The van der Waals surface area contributed by atoms with Crippen molar-refractivity contribution in [2.24, 2.45) is 5.10 Å². The third-order valence-corrected chi connectivity index (χ3v) is 6.48. The van der Waals surface area contributed by atoms with Gasteiger partial charge in [-0.25, -0.2) is 10.1 Å². The molecular formula is C24H27N9O3. The van der Waals surface area contributed by atoms with Gasteiger partial charge in [0, 0.05) is 18.2 Å². The number of methoxy groups -OCH3 is 1. The Hall–Kier alpha value is -4.32. The van der Waals surface area contributed by atoms with Gasteiger partial charge in [-0.05, 0) is 53.5 Å². The lowest BCUT2D eigenvalue weighted by Crippen LogP contribution is -2.38. The Balaban J connectivity index is 1.44.